The van der Waals surface area contributed by atoms with E-state index in [1.807, 2.05) is 4.90 Å². The minimum Gasteiger partial charge on any atom is -0.343 e. The number of aromatic nitrogens is 2. The Hall–Kier alpha value is -2.48. The van der Waals surface area contributed by atoms with Crippen molar-refractivity contribution in [1.29, 1.82) is 0 Å². The zero-order chi connectivity index (χ0) is 20.2. The third kappa shape index (κ3) is 4.75. The molecule has 29 heavy (non-hydrogen) atoms. The van der Waals surface area contributed by atoms with Crippen molar-refractivity contribution >= 4 is 34.0 Å². The van der Waals surface area contributed by atoms with Crippen LogP contribution in [0.15, 0.2) is 24.3 Å². The molecular formula is C21H27N5O2S. The highest BCUT2D eigenvalue weighted by Gasteiger charge is 2.26. The van der Waals surface area contributed by atoms with Gasteiger partial charge in [0.2, 0.25) is 11.0 Å². The maximum absolute atomic E-state index is 12.9. The van der Waals surface area contributed by atoms with Crippen molar-refractivity contribution in [2.75, 3.05) is 36.4 Å². The molecule has 2 amide bonds. The van der Waals surface area contributed by atoms with Gasteiger partial charge in [0.15, 0.2) is 0 Å². The van der Waals surface area contributed by atoms with E-state index in [4.69, 9.17) is 0 Å². The maximum atomic E-state index is 12.9. The molecule has 1 saturated heterocycles. The summed E-state index contributed by atoms with van der Waals surface area (Å²) in [5, 5.41) is 13.8. The summed E-state index contributed by atoms with van der Waals surface area (Å²) in [7, 11) is 0. The van der Waals surface area contributed by atoms with Crippen LogP contribution in [-0.4, -0.2) is 53.1 Å². The van der Waals surface area contributed by atoms with Gasteiger partial charge in [0, 0.05) is 50.3 Å². The highest BCUT2D eigenvalue weighted by Crippen LogP contribution is 2.36. The summed E-state index contributed by atoms with van der Waals surface area (Å²) in [5.74, 6) is 0.429. The van der Waals surface area contributed by atoms with Crippen LogP contribution in [0.1, 0.15) is 60.3 Å². The van der Waals surface area contributed by atoms with Crippen LogP contribution in [0, 0.1) is 0 Å². The fourth-order valence-electron chi connectivity index (χ4n) is 4.09. The maximum Gasteiger partial charge on any atom is 0.254 e. The largest absolute Gasteiger partial charge is 0.343 e. The van der Waals surface area contributed by atoms with Gasteiger partial charge in [-0.1, -0.05) is 36.7 Å². The minimum absolute atomic E-state index is 0.00277. The molecule has 1 aromatic carbocycles. The third-order valence-corrected chi connectivity index (χ3v) is 6.80. The van der Waals surface area contributed by atoms with Crippen molar-refractivity contribution in [3.63, 3.8) is 0 Å². The molecule has 0 atom stereocenters. The van der Waals surface area contributed by atoms with E-state index in [2.05, 4.69) is 20.4 Å². The lowest BCUT2D eigenvalue weighted by Gasteiger charge is -2.34. The molecule has 7 nitrogen and oxygen atoms in total. The van der Waals surface area contributed by atoms with Crippen LogP contribution >= 0.6 is 11.3 Å². The SMILES string of the molecule is CC(=O)Nc1cccc(C(=O)N2CCN(c3nnc(C4CCCCC4)s3)CC2)c1. The Balaban J connectivity index is 1.35. The van der Waals surface area contributed by atoms with Crippen LogP contribution in [0.4, 0.5) is 10.8 Å². The molecule has 8 heteroatoms. The average molecular weight is 414 g/mol. The van der Waals surface area contributed by atoms with Gasteiger partial charge in [0.1, 0.15) is 5.01 Å². The molecule has 2 aromatic rings. The first-order chi connectivity index (χ1) is 14.1. The Bertz CT molecular complexity index is 869. The van der Waals surface area contributed by atoms with Crippen LogP contribution < -0.4 is 10.2 Å². The number of hydrogen-bond acceptors (Lipinski definition) is 6. The fraction of sp³-hybridized carbons (Fsp3) is 0.524. The number of nitrogens with one attached hydrogen (secondary N) is 1. The number of benzene rings is 1. The van der Waals surface area contributed by atoms with Crippen molar-refractivity contribution in [1.82, 2.24) is 15.1 Å². The van der Waals surface area contributed by atoms with E-state index in [0.717, 1.165) is 18.2 Å². The highest BCUT2D eigenvalue weighted by atomic mass is 32.1. The first-order valence-electron chi connectivity index (χ1n) is 10.4. The molecule has 1 aliphatic carbocycles. The number of nitrogens with zero attached hydrogens (tertiary/aromatic N) is 4. The van der Waals surface area contributed by atoms with Crippen molar-refractivity contribution in [2.24, 2.45) is 0 Å². The van der Waals surface area contributed by atoms with E-state index >= 15 is 0 Å². The van der Waals surface area contributed by atoms with Crippen LogP contribution in [0.2, 0.25) is 0 Å². The first kappa shape index (κ1) is 19.8. The lowest BCUT2D eigenvalue weighted by molar-refractivity contribution is -0.114. The Morgan fingerprint density at radius 3 is 2.55 bits per heavy atom. The van der Waals surface area contributed by atoms with E-state index in [1.54, 1.807) is 35.6 Å². The predicted molar refractivity (Wildman–Crippen MR) is 115 cm³/mol. The quantitative estimate of drug-likeness (QED) is 0.830. The number of piperazine rings is 1. The first-order valence-corrected chi connectivity index (χ1v) is 11.2. The molecule has 4 rings (SSSR count). The van der Waals surface area contributed by atoms with Crippen molar-refractivity contribution in [3.8, 4) is 0 Å². The van der Waals surface area contributed by atoms with Crippen LogP contribution in [0.5, 0.6) is 0 Å². The van der Waals surface area contributed by atoms with Crippen LogP contribution in [-0.2, 0) is 4.79 Å². The van der Waals surface area contributed by atoms with Gasteiger partial charge in [-0.25, -0.2) is 0 Å². The zero-order valence-corrected chi connectivity index (χ0v) is 17.6. The summed E-state index contributed by atoms with van der Waals surface area (Å²) in [6.45, 7) is 4.29. The van der Waals surface area contributed by atoms with Gasteiger partial charge in [0.05, 0.1) is 0 Å². The van der Waals surface area contributed by atoms with Gasteiger partial charge in [-0.2, -0.15) is 0 Å². The molecule has 154 valence electrons. The summed E-state index contributed by atoms with van der Waals surface area (Å²) in [6.07, 6.45) is 6.39. The standard InChI is InChI=1S/C21H27N5O2S/c1-15(27)22-18-9-5-8-17(14-18)20(28)25-10-12-26(13-11-25)21-24-23-19(29-21)16-6-3-2-4-7-16/h5,8-9,14,16H,2-4,6-7,10-13H2,1H3,(H,22,27). The van der Waals surface area contributed by atoms with Crippen molar-refractivity contribution in [2.45, 2.75) is 44.9 Å². The highest BCUT2D eigenvalue weighted by molar-refractivity contribution is 7.15. The van der Waals surface area contributed by atoms with E-state index in [-0.39, 0.29) is 11.8 Å². The number of carbonyl (C=O) groups is 2. The molecule has 1 aliphatic heterocycles. The fourth-order valence-corrected chi connectivity index (χ4v) is 5.15. The molecule has 2 aliphatic rings. The Morgan fingerprint density at radius 1 is 1.07 bits per heavy atom. The average Bonchev–Trinajstić information content (AvgIpc) is 3.24. The summed E-state index contributed by atoms with van der Waals surface area (Å²) < 4.78 is 0. The van der Waals surface area contributed by atoms with Crippen LogP contribution in [0.25, 0.3) is 0 Å². The summed E-state index contributed by atoms with van der Waals surface area (Å²) in [5.41, 5.74) is 1.24. The molecule has 0 unspecified atom stereocenters. The van der Waals surface area contributed by atoms with Crippen molar-refractivity contribution in [3.05, 3.63) is 34.8 Å². The second-order valence-corrected chi connectivity index (χ2v) is 8.79. The monoisotopic (exact) mass is 413 g/mol. The molecule has 0 bridgehead atoms. The van der Waals surface area contributed by atoms with Gasteiger partial charge in [0.25, 0.3) is 5.91 Å². The normalized spacial score (nSPS) is 18.0. The van der Waals surface area contributed by atoms with Gasteiger partial charge < -0.3 is 15.1 Å². The van der Waals surface area contributed by atoms with Crippen LogP contribution in [0.3, 0.4) is 0 Å². The number of anilines is 2. The molecular weight excluding hydrogens is 386 g/mol. The smallest absolute Gasteiger partial charge is 0.254 e. The molecule has 0 radical (unpaired) electrons. The van der Waals surface area contributed by atoms with E-state index < -0.39 is 0 Å². The molecule has 2 heterocycles. The number of hydrogen-bond donors (Lipinski definition) is 1. The predicted octanol–water partition coefficient (Wildman–Crippen LogP) is 3.51. The van der Waals surface area contributed by atoms with Gasteiger partial charge in [-0.3, -0.25) is 9.59 Å². The van der Waals surface area contributed by atoms with Gasteiger partial charge in [-0.15, -0.1) is 10.2 Å². The molecule has 1 saturated carbocycles. The minimum atomic E-state index is -0.145. The number of rotatable bonds is 4. The second kappa shape index (κ2) is 8.90. The van der Waals surface area contributed by atoms with E-state index in [9.17, 15) is 9.59 Å². The Kier molecular flexibility index (Phi) is 6.08. The third-order valence-electron chi connectivity index (χ3n) is 5.65. The van der Waals surface area contributed by atoms with Gasteiger partial charge in [-0.05, 0) is 31.0 Å². The molecule has 1 aromatic heterocycles. The summed E-state index contributed by atoms with van der Waals surface area (Å²) in [4.78, 5) is 28.2. The Labute approximate surface area is 175 Å². The number of amides is 2. The zero-order valence-electron chi connectivity index (χ0n) is 16.8. The topological polar surface area (TPSA) is 78.4 Å². The molecule has 2 fully saturated rings. The lowest BCUT2D eigenvalue weighted by atomic mass is 9.90. The Morgan fingerprint density at radius 2 is 1.83 bits per heavy atom. The van der Waals surface area contributed by atoms with Gasteiger partial charge >= 0.3 is 0 Å². The second-order valence-electron chi connectivity index (χ2n) is 7.80. The molecule has 0 spiro atoms. The van der Waals surface area contributed by atoms with E-state index in [1.165, 1.54) is 44.0 Å². The molecule has 1 N–H and O–H groups in total. The van der Waals surface area contributed by atoms with Crippen molar-refractivity contribution < 1.29 is 9.59 Å². The summed E-state index contributed by atoms with van der Waals surface area (Å²) >= 11 is 1.72. The summed E-state index contributed by atoms with van der Waals surface area (Å²) in [6, 6.07) is 7.11. The van der Waals surface area contributed by atoms with E-state index in [0.29, 0.717) is 30.3 Å². The number of carbonyl (C=O) groups excluding carboxylic acids is 2. The lowest BCUT2D eigenvalue weighted by Crippen LogP contribution is -2.48.